The number of ether oxygens (including phenoxy) is 1. The molecule has 0 radical (unpaired) electrons. The van der Waals surface area contributed by atoms with Gasteiger partial charge in [0.25, 0.3) is 5.91 Å². The summed E-state index contributed by atoms with van der Waals surface area (Å²) in [5, 5.41) is 17.3. The number of hydrogen-bond donors (Lipinski definition) is 1. The van der Waals surface area contributed by atoms with Crippen molar-refractivity contribution in [1.29, 1.82) is 0 Å². The molecule has 2 aromatic carbocycles. The minimum absolute atomic E-state index is 0.240. The molecule has 0 unspecified atom stereocenters. The van der Waals surface area contributed by atoms with E-state index in [0.717, 1.165) is 39.8 Å². The Hall–Kier alpha value is -2.97. The summed E-state index contributed by atoms with van der Waals surface area (Å²) in [5.41, 5.74) is 2.38. The molecule has 0 aliphatic heterocycles. The van der Waals surface area contributed by atoms with Gasteiger partial charge in [-0.05, 0) is 30.2 Å². The zero-order valence-electron chi connectivity index (χ0n) is 16.6. The highest BCUT2D eigenvalue weighted by molar-refractivity contribution is 7.19. The number of carbonyl (C=O) groups is 1. The van der Waals surface area contributed by atoms with Crippen LogP contribution in [0.25, 0.3) is 15.5 Å². The SMILES string of the molecule is CCCc1nnc2sc(-c3ccc(CNC(=O)c4cc(Cl)ccc4OC)cc3)nn12. The molecular weight excluding hydrogens is 422 g/mol. The van der Waals surface area contributed by atoms with Crippen molar-refractivity contribution in [3.05, 3.63) is 64.4 Å². The van der Waals surface area contributed by atoms with Crippen molar-refractivity contribution in [2.24, 2.45) is 0 Å². The maximum Gasteiger partial charge on any atom is 0.255 e. The number of nitrogens with zero attached hydrogens (tertiary/aromatic N) is 4. The van der Waals surface area contributed by atoms with Gasteiger partial charge in [-0.25, -0.2) is 0 Å². The first-order valence-electron chi connectivity index (χ1n) is 9.51. The van der Waals surface area contributed by atoms with Gasteiger partial charge in [-0.3, -0.25) is 4.79 Å². The third-order valence-electron chi connectivity index (χ3n) is 4.59. The van der Waals surface area contributed by atoms with Gasteiger partial charge in [0.1, 0.15) is 10.8 Å². The Morgan fingerprint density at radius 2 is 2.00 bits per heavy atom. The van der Waals surface area contributed by atoms with E-state index in [2.05, 4.69) is 27.5 Å². The molecule has 2 heterocycles. The Balaban J connectivity index is 1.45. The molecule has 4 aromatic rings. The minimum Gasteiger partial charge on any atom is -0.496 e. The molecule has 30 heavy (non-hydrogen) atoms. The highest BCUT2D eigenvalue weighted by Crippen LogP contribution is 2.26. The van der Waals surface area contributed by atoms with Crippen molar-refractivity contribution in [2.75, 3.05) is 7.11 Å². The van der Waals surface area contributed by atoms with Crippen molar-refractivity contribution in [1.82, 2.24) is 25.1 Å². The number of halogens is 1. The Kier molecular flexibility index (Phi) is 5.96. The van der Waals surface area contributed by atoms with E-state index >= 15 is 0 Å². The third kappa shape index (κ3) is 4.15. The maximum atomic E-state index is 12.5. The van der Waals surface area contributed by atoms with Crippen LogP contribution in [0, 0.1) is 0 Å². The summed E-state index contributed by atoms with van der Waals surface area (Å²) < 4.78 is 7.06. The molecule has 0 aliphatic rings. The number of hydrogen-bond acceptors (Lipinski definition) is 6. The molecular formula is C21H20ClN5O2S. The first-order chi connectivity index (χ1) is 14.6. The normalized spacial score (nSPS) is 11.0. The van der Waals surface area contributed by atoms with Gasteiger partial charge >= 0.3 is 0 Å². The first-order valence-corrected chi connectivity index (χ1v) is 10.7. The average molecular weight is 442 g/mol. The fourth-order valence-electron chi connectivity index (χ4n) is 3.05. The summed E-state index contributed by atoms with van der Waals surface area (Å²) in [7, 11) is 1.52. The van der Waals surface area contributed by atoms with Crippen molar-refractivity contribution in [3.63, 3.8) is 0 Å². The minimum atomic E-state index is -0.240. The maximum absolute atomic E-state index is 12.5. The number of benzene rings is 2. The van der Waals surface area contributed by atoms with Crippen LogP contribution in [-0.4, -0.2) is 32.8 Å². The van der Waals surface area contributed by atoms with E-state index < -0.39 is 0 Å². The molecule has 0 aliphatic carbocycles. The van der Waals surface area contributed by atoms with Gasteiger partial charge in [-0.2, -0.15) is 9.61 Å². The summed E-state index contributed by atoms with van der Waals surface area (Å²) in [6.45, 7) is 2.49. The van der Waals surface area contributed by atoms with Crippen LogP contribution in [0.5, 0.6) is 5.75 Å². The molecule has 1 N–H and O–H groups in total. The Bertz CT molecular complexity index is 1190. The van der Waals surface area contributed by atoms with Crippen molar-refractivity contribution >= 4 is 33.8 Å². The predicted octanol–water partition coefficient (Wildman–Crippen LogP) is 4.40. The van der Waals surface area contributed by atoms with Gasteiger partial charge in [0.2, 0.25) is 4.96 Å². The van der Waals surface area contributed by atoms with E-state index in [1.165, 1.54) is 18.4 Å². The Morgan fingerprint density at radius 3 is 2.73 bits per heavy atom. The molecule has 0 atom stereocenters. The van der Waals surface area contributed by atoms with Gasteiger partial charge in [0.15, 0.2) is 5.82 Å². The van der Waals surface area contributed by atoms with Gasteiger partial charge < -0.3 is 10.1 Å². The largest absolute Gasteiger partial charge is 0.496 e. The predicted molar refractivity (Wildman–Crippen MR) is 117 cm³/mol. The Labute approximate surface area is 182 Å². The first kappa shape index (κ1) is 20.3. The zero-order valence-corrected chi connectivity index (χ0v) is 18.1. The van der Waals surface area contributed by atoms with E-state index in [1.807, 2.05) is 28.8 Å². The number of amides is 1. The lowest BCUT2D eigenvalue weighted by Crippen LogP contribution is -2.23. The van der Waals surface area contributed by atoms with E-state index in [0.29, 0.717) is 22.9 Å². The molecule has 7 nitrogen and oxygen atoms in total. The second-order valence-electron chi connectivity index (χ2n) is 6.69. The molecule has 0 fully saturated rings. The number of aryl methyl sites for hydroxylation is 1. The number of rotatable bonds is 7. The molecule has 4 rings (SSSR count). The Morgan fingerprint density at radius 1 is 1.20 bits per heavy atom. The van der Waals surface area contributed by atoms with Gasteiger partial charge in [0, 0.05) is 23.6 Å². The third-order valence-corrected chi connectivity index (χ3v) is 5.77. The van der Waals surface area contributed by atoms with Gasteiger partial charge in [-0.1, -0.05) is 54.1 Å². The number of methoxy groups -OCH3 is 1. The van der Waals surface area contributed by atoms with Gasteiger partial charge in [-0.15, -0.1) is 10.2 Å². The summed E-state index contributed by atoms with van der Waals surface area (Å²) >= 11 is 7.51. The van der Waals surface area contributed by atoms with Crippen LogP contribution in [-0.2, 0) is 13.0 Å². The van der Waals surface area contributed by atoms with Crippen LogP contribution in [0.4, 0.5) is 0 Å². The lowest BCUT2D eigenvalue weighted by Gasteiger charge is -2.10. The van der Waals surface area contributed by atoms with Crippen molar-refractivity contribution in [3.8, 4) is 16.3 Å². The molecule has 9 heteroatoms. The quantitative estimate of drug-likeness (QED) is 0.459. The smallest absolute Gasteiger partial charge is 0.255 e. The monoisotopic (exact) mass is 441 g/mol. The number of aromatic nitrogens is 4. The van der Waals surface area contributed by atoms with Crippen LogP contribution in [0.3, 0.4) is 0 Å². The van der Waals surface area contributed by atoms with Crippen LogP contribution < -0.4 is 10.1 Å². The standard InChI is InChI=1S/C21H20ClN5O2S/c1-3-4-18-24-25-21-27(18)26-20(30-21)14-7-5-13(6-8-14)12-23-19(28)16-11-15(22)9-10-17(16)29-2/h5-11H,3-4,12H2,1-2H3,(H,23,28). The highest BCUT2D eigenvalue weighted by Gasteiger charge is 2.14. The molecule has 0 saturated carbocycles. The lowest BCUT2D eigenvalue weighted by molar-refractivity contribution is 0.0948. The van der Waals surface area contributed by atoms with Crippen LogP contribution in [0.2, 0.25) is 5.02 Å². The molecule has 2 aromatic heterocycles. The van der Waals surface area contributed by atoms with Crippen molar-refractivity contribution in [2.45, 2.75) is 26.3 Å². The average Bonchev–Trinajstić information content (AvgIpc) is 3.34. The van der Waals surface area contributed by atoms with Crippen LogP contribution in [0.15, 0.2) is 42.5 Å². The molecule has 0 bridgehead atoms. The number of carbonyl (C=O) groups excluding carboxylic acids is 1. The zero-order chi connectivity index (χ0) is 21.1. The van der Waals surface area contributed by atoms with E-state index in [1.54, 1.807) is 18.2 Å². The molecule has 1 amide bonds. The summed E-state index contributed by atoms with van der Waals surface area (Å²) in [5.74, 6) is 1.12. The number of fused-ring (bicyclic) bond motifs is 1. The van der Waals surface area contributed by atoms with Crippen LogP contribution >= 0.6 is 22.9 Å². The topological polar surface area (TPSA) is 81.4 Å². The molecule has 154 valence electrons. The van der Waals surface area contributed by atoms with Gasteiger partial charge in [0.05, 0.1) is 12.7 Å². The lowest BCUT2D eigenvalue weighted by atomic mass is 10.1. The summed E-state index contributed by atoms with van der Waals surface area (Å²) in [6, 6.07) is 12.9. The fourth-order valence-corrected chi connectivity index (χ4v) is 4.09. The summed E-state index contributed by atoms with van der Waals surface area (Å²) in [4.78, 5) is 13.3. The van der Waals surface area contributed by atoms with E-state index in [4.69, 9.17) is 16.3 Å². The summed E-state index contributed by atoms with van der Waals surface area (Å²) in [6.07, 6.45) is 1.84. The molecule has 0 spiro atoms. The van der Waals surface area contributed by atoms with E-state index in [9.17, 15) is 4.79 Å². The van der Waals surface area contributed by atoms with E-state index in [-0.39, 0.29) is 5.91 Å². The fraction of sp³-hybridized carbons (Fsp3) is 0.238. The van der Waals surface area contributed by atoms with Crippen LogP contribution in [0.1, 0.15) is 35.1 Å². The second-order valence-corrected chi connectivity index (χ2v) is 8.08. The second kappa shape index (κ2) is 8.81. The molecule has 0 saturated heterocycles. The highest BCUT2D eigenvalue weighted by atomic mass is 35.5. The number of nitrogens with one attached hydrogen (secondary N) is 1. The van der Waals surface area contributed by atoms with Crippen molar-refractivity contribution < 1.29 is 9.53 Å².